The Hall–Kier alpha value is -2.51. The largest absolute Gasteiger partial charge is 0.383 e. The van der Waals surface area contributed by atoms with Crippen molar-refractivity contribution in [1.82, 2.24) is 19.5 Å². The van der Waals surface area contributed by atoms with Crippen molar-refractivity contribution < 1.29 is 9.53 Å². The number of nitrogens with zero attached hydrogens (tertiary/aromatic N) is 4. The number of carbonyl (C=O) groups excluding carboxylic acids is 1. The number of anilines is 1. The fourth-order valence-corrected chi connectivity index (χ4v) is 2.60. The fourth-order valence-electron chi connectivity index (χ4n) is 2.44. The van der Waals surface area contributed by atoms with Crippen LogP contribution in [0, 0.1) is 0 Å². The summed E-state index contributed by atoms with van der Waals surface area (Å²) in [5, 5.41) is 3.39. The average molecular weight is 360 g/mol. The monoisotopic (exact) mass is 359 g/mol. The first kappa shape index (κ1) is 17.3. The number of aromatic nitrogens is 4. The highest BCUT2D eigenvalue weighted by atomic mass is 35.5. The Morgan fingerprint density at radius 2 is 2.04 bits per heavy atom. The Morgan fingerprint density at radius 1 is 1.28 bits per heavy atom. The lowest BCUT2D eigenvalue weighted by molar-refractivity contribution is 0.101. The second-order valence-electron chi connectivity index (χ2n) is 5.55. The number of halogens is 1. The van der Waals surface area contributed by atoms with Crippen LogP contribution in [-0.2, 0) is 17.8 Å². The van der Waals surface area contributed by atoms with Gasteiger partial charge in [0.25, 0.3) is 0 Å². The van der Waals surface area contributed by atoms with Gasteiger partial charge in [-0.2, -0.15) is 9.97 Å². The number of hydrogen-bond acceptors (Lipinski definition) is 6. The Labute approximate surface area is 150 Å². The molecule has 25 heavy (non-hydrogen) atoms. The molecule has 1 aromatic carbocycles. The normalized spacial score (nSPS) is 11.0. The van der Waals surface area contributed by atoms with Crippen LogP contribution in [0.25, 0.3) is 11.2 Å². The number of imidazole rings is 1. The van der Waals surface area contributed by atoms with Gasteiger partial charge in [-0.15, -0.1) is 0 Å². The molecule has 0 radical (unpaired) electrons. The third-order valence-electron chi connectivity index (χ3n) is 3.79. The maximum absolute atomic E-state index is 11.3. The highest BCUT2D eigenvalue weighted by molar-refractivity contribution is 6.28. The van der Waals surface area contributed by atoms with Gasteiger partial charge in [0, 0.05) is 25.8 Å². The molecule has 0 saturated carbocycles. The van der Waals surface area contributed by atoms with Crippen LogP contribution < -0.4 is 5.32 Å². The topological polar surface area (TPSA) is 81.9 Å². The maximum atomic E-state index is 11.3. The third kappa shape index (κ3) is 3.94. The summed E-state index contributed by atoms with van der Waals surface area (Å²) < 4.78 is 6.97. The van der Waals surface area contributed by atoms with E-state index < -0.39 is 0 Å². The smallest absolute Gasteiger partial charge is 0.226 e. The van der Waals surface area contributed by atoms with Crippen molar-refractivity contribution in [2.75, 3.05) is 19.0 Å². The molecule has 0 aliphatic carbocycles. The van der Waals surface area contributed by atoms with Crippen LogP contribution >= 0.6 is 11.6 Å². The lowest BCUT2D eigenvalue weighted by Crippen LogP contribution is -2.06. The Morgan fingerprint density at radius 3 is 2.72 bits per heavy atom. The standard InChI is InChI=1S/C17H18ClN5O2/c1-11(24)13-5-3-12(4-6-13)9-19-15-14-16(22-17(18)21-15)23(10-20-14)7-8-25-2/h3-6,10H,7-9H2,1-2H3,(H,19,21,22). The highest BCUT2D eigenvalue weighted by Gasteiger charge is 2.12. The summed E-state index contributed by atoms with van der Waals surface area (Å²) >= 11 is 6.05. The molecule has 0 spiro atoms. The van der Waals surface area contributed by atoms with Crippen LogP contribution in [-0.4, -0.2) is 39.0 Å². The van der Waals surface area contributed by atoms with Crippen LogP contribution in [0.2, 0.25) is 5.28 Å². The van der Waals surface area contributed by atoms with E-state index in [1.165, 1.54) is 0 Å². The van der Waals surface area contributed by atoms with Crippen molar-refractivity contribution in [1.29, 1.82) is 0 Å². The molecule has 0 bridgehead atoms. The van der Waals surface area contributed by atoms with E-state index in [9.17, 15) is 4.79 Å². The molecular weight excluding hydrogens is 342 g/mol. The third-order valence-corrected chi connectivity index (χ3v) is 3.96. The first-order valence-electron chi connectivity index (χ1n) is 7.79. The number of rotatable bonds is 7. The fraction of sp³-hybridized carbons (Fsp3) is 0.294. The molecule has 0 fully saturated rings. The second-order valence-corrected chi connectivity index (χ2v) is 5.89. The lowest BCUT2D eigenvalue weighted by Gasteiger charge is -2.08. The molecule has 8 heteroatoms. The van der Waals surface area contributed by atoms with Gasteiger partial charge in [-0.3, -0.25) is 4.79 Å². The van der Waals surface area contributed by atoms with Gasteiger partial charge in [0.05, 0.1) is 12.9 Å². The van der Waals surface area contributed by atoms with Crippen LogP contribution in [0.3, 0.4) is 0 Å². The summed E-state index contributed by atoms with van der Waals surface area (Å²) in [6.45, 7) is 3.27. The maximum Gasteiger partial charge on any atom is 0.226 e. The van der Waals surface area contributed by atoms with E-state index in [1.807, 2.05) is 16.7 Å². The van der Waals surface area contributed by atoms with E-state index in [2.05, 4.69) is 20.3 Å². The van der Waals surface area contributed by atoms with E-state index >= 15 is 0 Å². The number of hydrogen-bond donors (Lipinski definition) is 1. The van der Waals surface area contributed by atoms with Crippen LogP contribution in [0.1, 0.15) is 22.8 Å². The molecule has 1 N–H and O–H groups in total. The Kier molecular flexibility index (Phi) is 5.25. The number of benzene rings is 1. The van der Waals surface area contributed by atoms with E-state index in [-0.39, 0.29) is 11.1 Å². The number of nitrogens with one attached hydrogen (secondary N) is 1. The van der Waals surface area contributed by atoms with Crippen molar-refractivity contribution in [2.24, 2.45) is 0 Å². The van der Waals surface area contributed by atoms with Gasteiger partial charge in [-0.25, -0.2) is 4.98 Å². The minimum atomic E-state index is 0.0467. The second kappa shape index (κ2) is 7.58. The molecule has 3 aromatic rings. The summed E-state index contributed by atoms with van der Waals surface area (Å²) in [6, 6.07) is 7.42. The molecule has 2 heterocycles. The molecule has 0 aliphatic heterocycles. The molecule has 0 unspecified atom stereocenters. The minimum absolute atomic E-state index is 0.0467. The molecule has 0 amide bonds. The summed E-state index contributed by atoms with van der Waals surface area (Å²) in [7, 11) is 1.64. The number of methoxy groups -OCH3 is 1. The Balaban J connectivity index is 1.81. The van der Waals surface area contributed by atoms with E-state index in [1.54, 1.807) is 32.5 Å². The first-order chi connectivity index (χ1) is 12.1. The van der Waals surface area contributed by atoms with E-state index in [0.29, 0.717) is 42.2 Å². The van der Waals surface area contributed by atoms with Crippen molar-refractivity contribution in [2.45, 2.75) is 20.0 Å². The van der Waals surface area contributed by atoms with E-state index in [4.69, 9.17) is 16.3 Å². The van der Waals surface area contributed by atoms with Gasteiger partial charge in [0.1, 0.15) is 0 Å². The number of ketones is 1. The van der Waals surface area contributed by atoms with Crippen LogP contribution in [0.4, 0.5) is 5.82 Å². The molecular formula is C17H18ClN5O2. The van der Waals surface area contributed by atoms with Gasteiger partial charge in [0.2, 0.25) is 5.28 Å². The molecule has 130 valence electrons. The number of fused-ring (bicyclic) bond motifs is 1. The van der Waals surface area contributed by atoms with Crippen molar-refractivity contribution >= 4 is 34.4 Å². The van der Waals surface area contributed by atoms with Crippen LogP contribution in [0.15, 0.2) is 30.6 Å². The van der Waals surface area contributed by atoms with Gasteiger partial charge < -0.3 is 14.6 Å². The predicted molar refractivity (Wildman–Crippen MR) is 96.0 cm³/mol. The van der Waals surface area contributed by atoms with Gasteiger partial charge >= 0.3 is 0 Å². The summed E-state index contributed by atoms with van der Waals surface area (Å²) in [6.07, 6.45) is 1.70. The lowest BCUT2D eigenvalue weighted by atomic mass is 10.1. The molecule has 3 rings (SSSR count). The molecule has 2 aromatic heterocycles. The molecule has 0 atom stereocenters. The highest BCUT2D eigenvalue weighted by Crippen LogP contribution is 2.21. The van der Waals surface area contributed by atoms with Crippen molar-refractivity contribution in [3.8, 4) is 0 Å². The number of Topliss-reactive ketones (excluding diaryl/α,β-unsaturated/α-hetero) is 1. The Bertz CT molecular complexity index is 892. The summed E-state index contributed by atoms with van der Waals surface area (Å²) in [5.74, 6) is 0.618. The quantitative estimate of drug-likeness (QED) is 0.516. The van der Waals surface area contributed by atoms with Crippen LogP contribution in [0.5, 0.6) is 0 Å². The average Bonchev–Trinajstić information content (AvgIpc) is 3.01. The van der Waals surface area contributed by atoms with Gasteiger partial charge in [-0.1, -0.05) is 24.3 Å². The summed E-state index contributed by atoms with van der Waals surface area (Å²) in [4.78, 5) is 24.2. The van der Waals surface area contributed by atoms with Crippen molar-refractivity contribution in [3.05, 3.63) is 47.0 Å². The van der Waals surface area contributed by atoms with Gasteiger partial charge in [0.15, 0.2) is 22.8 Å². The summed E-state index contributed by atoms with van der Waals surface area (Å²) in [5.41, 5.74) is 3.02. The zero-order valence-corrected chi connectivity index (χ0v) is 14.7. The van der Waals surface area contributed by atoms with E-state index in [0.717, 1.165) is 5.56 Å². The zero-order chi connectivity index (χ0) is 17.8. The molecule has 0 aliphatic rings. The first-order valence-corrected chi connectivity index (χ1v) is 8.17. The molecule has 7 nitrogen and oxygen atoms in total. The number of carbonyl (C=O) groups is 1. The SMILES string of the molecule is COCCn1cnc2c(NCc3ccc(C(C)=O)cc3)nc(Cl)nc21. The minimum Gasteiger partial charge on any atom is -0.383 e. The predicted octanol–water partition coefficient (Wildman–Crippen LogP) is 2.94. The number of ether oxygens (including phenoxy) is 1. The zero-order valence-electron chi connectivity index (χ0n) is 14.0. The van der Waals surface area contributed by atoms with Gasteiger partial charge in [-0.05, 0) is 24.1 Å². The van der Waals surface area contributed by atoms with Crippen molar-refractivity contribution in [3.63, 3.8) is 0 Å². The molecule has 0 saturated heterocycles.